The summed E-state index contributed by atoms with van der Waals surface area (Å²) in [5.74, 6) is 0.0771. The lowest BCUT2D eigenvalue weighted by atomic mass is 10.1. The fourth-order valence-electron chi connectivity index (χ4n) is 3.37. The maximum atomic E-state index is 12.3. The Bertz CT molecular complexity index is 972. The predicted molar refractivity (Wildman–Crippen MR) is 140 cm³/mol. The van der Waals surface area contributed by atoms with Gasteiger partial charge in [-0.3, -0.25) is 9.59 Å². The lowest BCUT2D eigenvalue weighted by molar-refractivity contribution is -0.126. The van der Waals surface area contributed by atoms with E-state index in [2.05, 4.69) is 22.8 Å². The Balaban J connectivity index is 1.65. The van der Waals surface area contributed by atoms with Crippen molar-refractivity contribution in [2.45, 2.75) is 65.2 Å². The van der Waals surface area contributed by atoms with Crippen molar-refractivity contribution in [1.29, 1.82) is 0 Å². The first kappa shape index (κ1) is 28.6. The van der Waals surface area contributed by atoms with Crippen molar-refractivity contribution in [3.8, 4) is 11.5 Å². The number of hydrogen-bond donors (Lipinski definition) is 2. The van der Waals surface area contributed by atoms with E-state index < -0.39 is 11.9 Å². The molecule has 0 radical (unpaired) electrons. The van der Waals surface area contributed by atoms with Crippen molar-refractivity contribution in [1.82, 2.24) is 10.7 Å². The summed E-state index contributed by atoms with van der Waals surface area (Å²) in [5.41, 5.74) is 3.51. The molecule has 8 nitrogen and oxygen atoms in total. The summed E-state index contributed by atoms with van der Waals surface area (Å²) >= 11 is 0. The number of unbranched alkanes of at least 4 members (excludes halogenated alkanes) is 6. The molecule has 2 aromatic rings. The smallest absolute Gasteiger partial charge is 0.343 e. The van der Waals surface area contributed by atoms with E-state index in [-0.39, 0.29) is 12.5 Å². The Morgan fingerprint density at radius 2 is 1.44 bits per heavy atom. The normalized spacial score (nSPS) is 10.7. The van der Waals surface area contributed by atoms with Gasteiger partial charge in [0, 0.05) is 6.42 Å². The maximum Gasteiger partial charge on any atom is 0.343 e. The second kappa shape index (κ2) is 16.9. The molecule has 0 unspecified atom stereocenters. The molecule has 2 N–H and O–H groups in total. The average molecular weight is 496 g/mol. The predicted octanol–water partition coefficient (Wildman–Crippen LogP) is 5.01. The van der Waals surface area contributed by atoms with Crippen LogP contribution in [-0.4, -0.2) is 37.1 Å². The Morgan fingerprint density at radius 3 is 2.11 bits per heavy atom. The molecule has 2 rings (SSSR count). The minimum absolute atomic E-state index is 0.118. The Kier molecular flexibility index (Phi) is 13.4. The van der Waals surface area contributed by atoms with Crippen LogP contribution in [0.2, 0.25) is 0 Å². The molecule has 0 saturated heterocycles. The monoisotopic (exact) mass is 495 g/mol. The molecule has 0 aromatic heterocycles. The van der Waals surface area contributed by atoms with E-state index in [4.69, 9.17) is 9.47 Å². The zero-order valence-corrected chi connectivity index (χ0v) is 21.3. The molecule has 2 amide bonds. The number of ether oxygens (including phenoxy) is 2. The highest BCUT2D eigenvalue weighted by atomic mass is 16.5. The molecule has 0 atom stereocenters. The van der Waals surface area contributed by atoms with Gasteiger partial charge in [-0.1, -0.05) is 45.4 Å². The SMILES string of the molecule is CCCCCCCCCC(=O)NCC(=O)N/N=C\c1ccc(OC(=O)c2ccc(OCC)cc2)cc1. The van der Waals surface area contributed by atoms with Gasteiger partial charge in [-0.25, -0.2) is 10.2 Å². The average Bonchev–Trinajstić information content (AvgIpc) is 2.88. The Labute approximate surface area is 213 Å². The second-order valence-electron chi connectivity index (χ2n) is 8.36. The summed E-state index contributed by atoms with van der Waals surface area (Å²) in [6.45, 7) is 4.52. The molecular formula is C28H37N3O5. The van der Waals surface area contributed by atoms with Gasteiger partial charge in [0.25, 0.3) is 5.91 Å². The van der Waals surface area contributed by atoms with Gasteiger partial charge in [-0.2, -0.15) is 5.10 Å². The van der Waals surface area contributed by atoms with Crippen molar-refractivity contribution in [3.05, 3.63) is 59.7 Å². The topological polar surface area (TPSA) is 106 Å². The quantitative estimate of drug-likeness (QED) is 0.112. The van der Waals surface area contributed by atoms with Crippen molar-refractivity contribution in [3.63, 3.8) is 0 Å². The number of hydrogen-bond acceptors (Lipinski definition) is 6. The van der Waals surface area contributed by atoms with E-state index in [1.54, 1.807) is 48.5 Å². The molecule has 2 aromatic carbocycles. The van der Waals surface area contributed by atoms with Crippen molar-refractivity contribution < 1.29 is 23.9 Å². The number of nitrogens with zero attached hydrogens (tertiary/aromatic N) is 1. The molecule has 0 heterocycles. The Morgan fingerprint density at radius 1 is 0.806 bits per heavy atom. The zero-order chi connectivity index (χ0) is 26.0. The van der Waals surface area contributed by atoms with Gasteiger partial charge in [-0.15, -0.1) is 0 Å². The van der Waals surface area contributed by atoms with Gasteiger partial charge in [-0.05, 0) is 67.4 Å². The van der Waals surface area contributed by atoms with Crippen LogP contribution in [0.4, 0.5) is 0 Å². The van der Waals surface area contributed by atoms with Crippen LogP contribution in [0.15, 0.2) is 53.6 Å². The number of carbonyl (C=O) groups excluding carboxylic acids is 3. The van der Waals surface area contributed by atoms with Crippen LogP contribution in [0.1, 0.15) is 81.1 Å². The number of hydrazone groups is 1. The highest BCUT2D eigenvalue weighted by molar-refractivity contribution is 5.91. The molecule has 194 valence electrons. The number of esters is 1. The van der Waals surface area contributed by atoms with Gasteiger partial charge in [0.05, 0.1) is 24.9 Å². The summed E-state index contributed by atoms with van der Waals surface area (Å²) in [7, 11) is 0. The van der Waals surface area contributed by atoms with E-state index in [0.29, 0.717) is 35.7 Å². The first-order valence-corrected chi connectivity index (χ1v) is 12.7. The first-order valence-electron chi connectivity index (χ1n) is 12.7. The van der Waals surface area contributed by atoms with Gasteiger partial charge >= 0.3 is 5.97 Å². The van der Waals surface area contributed by atoms with E-state index in [9.17, 15) is 14.4 Å². The second-order valence-corrected chi connectivity index (χ2v) is 8.36. The third-order valence-corrected chi connectivity index (χ3v) is 5.35. The molecule has 0 aliphatic heterocycles. The van der Waals surface area contributed by atoms with Crippen LogP contribution in [0.25, 0.3) is 0 Å². The molecule has 0 spiro atoms. The lowest BCUT2D eigenvalue weighted by Crippen LogP contribution is -2.34. The number of carbonyl (C=O) groups is 3. The van der Waals surface area contributed by atoms with E-state index in [1.165, 1.54) is 31.9 Å². The fourth-order valence-corrected chi connectivity index (χ4v) is 3.37. The van der Waals surface area contributed by atoms with Crippen LogP contribution < -0.4 is 20.2 Å². The number of rotatable bonds is 16. The highest BCUT2D eigenvalue weighted by Gasteiger charge is 2.09. The Hall–Kier alpha value is -3.68. The van der Waals surface area contributed by atoms with Crippen molar-refractivity contribution >= 4 is 24.0 Å². The number of nitrogens with one attached hydrogen (secondary N) is 2. The van der Waals surface area contributed by atoms with Crippen LogP contribution >= 0.6 is 0 Å². The van der Waals surface area contributed by atoms with Crippen molar-refractivity contribution in [2.75, 3.05) is 13.2 Å². The van der Waals surface area contributed by atoms with Gasteiger partial charge in [0.2, 0.25) is 5.91 Å². The number of amides is 2. The summed E-state index contributed by atoms with van der Waals surface area (Å²) < 4.78 is 10.7. The maximum absolute atomic E-state index is 12.3. The van der Waals surface area contributed by atoms with Gasteiger partial charge in [0.15, 0.2) is 0 Å². The first-order chi connectivity index (χ1) is 17.5. The zero-order valence-electron chi connectivity index (χ0n) is 21.3. The molecule has 0 saturated carbocycles. The van der Waals surface area contributed by atoms with Gasteiger partial charge in [0.1, 0.15) is 11.5 Å². The van der Waals surface area contributed by atoms with E-state index in [1.807, 2.05) is 6.92 Å². The standard InChI is InChI=1S/C28H37N3O5/c1-3-5-6-7-8-9-10-11-26(32)29-21-27(33)31-30-20-22-12-16-25(17-13-22)36-28(34)23-14-18-24(19-15-23)35-4-2/h12-20H,3-11,21H2,1-2H3,(H,29,32)(H,31,33)/b30-20-. The number of benzene rings is 2. The van der Waals surface area contributed by atoms with Crippen LogP contribution in [0, 0.1) is 0 Å². The fraction of sp³-hybridized carbons (Fsp3) is 0.429. The van der Waals surface area contributed by atoms with Crippen LogP contribution in [0.3, 0.4) is 0 Å². The lowest BCUT2D eigenvalue weighted by Gasteiger charge is -2.06. The molecule has 0 aliphatic carbocycles. The summed E-state index contributed by atoms with van der Waals surface area (Å²) in [6.07, 6.45) is 9.88. The van der Waals surface area contributed by atoms with Crippen LogP contribution in [0.5, 0.6) is 11.5 Å². The molecule has 0 bridgehead atoms. The minimum Gasteiger partial charge on any atom is -0.494 e. The van der Waals surface area contributed by atoms with Gasteiger partial charge < -0.3 is 14.8 Å². The molecule has 0 fully saturated rings. The summed E-state index contributed by atoms with van der Waals surface area (Å²) in [6, 6.07) is 13.4. The molecule has 0 aliphatic rings. The largest absolute Gasteiger partial charge is 0.494 e. The molecule has 8 heteroatoms. The molecular weight excluding hydrogens is 458 g/mol. The molecule has 36 heavy (non-hydrogen) atoms. The third-order valence-electron chi connectivity index (χ3n) is 5.35. The van der Waals surface area contributed by atoms with E-state index >= 15 is 0 Å². The van der Waals surface area contributed by atoms with Crippen molar-refractivity contribution in [2.24, 2.45) is 5.10 Å². The minimum atomic E-state index is -0.472. The summed E-state index contributed by atoms with van der Waals surface area (Å²) in [4.78, 5) is 36.0. The van der Waals surface area contributed by atoms with Crippen LogP contribution in [-0.2, 0) is 9.59 Å². The summed E-state index contributed by atoms with van der Waals surface area (Å²) in [5, 5.41) is 6.51. The highest BCUT2D eigenvalue weighted by Crippen LogP contribution is 2.16. The third kappa shape index (κ3) is 11.6. The van der Waals surface area contributed by atoms with E-state index in [0.717, 1.165) is 19.3 Å².